The van der Waals surface area contributed by atoms with E-state index in [-0.39, 0.29) is 17.1 Å². The van der Waals surface area contributed by atoms with Crippen LogP contribution in [-0.4, -0.2) is 45.3 Å². The molecule has 2 heterocycles. The van der Waals surface area contributed by atoms with Crippen molar-refractivity contribution in [2.24, 2.45) is 0 Å². The minimum absolute atomic E-state index is 0.152. The van der Waals surface area contributed by atoms with Crippen LogP contribution in [0.1, 0.15) is 44.9 Å². The number of hydrogen-bond donors (Lipinski definition) is 2. The minimum atomic E-state index is -0.257. The summed E-state index contributed by atoms with van der Waals surface area (Å²) >= 11 is 0. The maximum absolute atomic E-state index is 12.5. The molecule has 1 atom stereocenters. The first-order valence-corrected chi connectivity index (χ1v) is 9.68. The van der Waals surface area contributed by atoms with Gasteiger partial charge in [0.25, 0.3) is 5.56 Å². The zero-order valence-electron chi connectivity index (χ0n) is 17.6. The molecule has 0 spiro atoms. The highest BCUT2D eigenvalue weighted by molar-refractivity contribution is 5.74. The number of aromatic amines is 1. The summed E-state index contributed by atoms with van der Waals surface area (Å²) < 4.78 is 1.79. The lowest BCUT2D eigenvalue weighted by molar-refractivity contribution is 0.311. The molecule has 0 saturated carbocycles. The predicted octanol–water partition coefficient (Wildman–Crippen LogP) is 3.15. The van der Waals surface area contributed by atoms with E-state index in [9.17, 15) is 4.79 Å². The van der Waals surface area contributed by atoms with Crippen LogP contribution < -0.4 is 10.9 Å². The molecule has 1 unspecified atom stereocenters. The fourth-order valence-corrected chi connectivity index (χ4v) is 3.26. The van der Waals surface area contributed by atoms with Crippen LogP contribution >= 0.6 is 0 Å². The summed E-state index contributed by atoms with van der Waals surface area (Å²) in [6.45, 7) is 8.89. The third kappa shape index (κ3) is 4.09. The molecule has 3 aromatic rings. The molecular formula is C21H30N6O. The molecule has 28 heavy (non-hydrogen) atoms. The standard InChI is InChI=1S/C21H30N6O/c1-7-14-8-10-15(11-9-14)17(26(5)6)13-22-20-24-18-16(19(28)25-20)12-23-27(18)21(2,3)4/h8-12,17H,7,13H2,1-6H3,(H2,22,24,25,28). The van der Waals surface area contributed by atoms with Gasteiger partial charge < -0.3 is 10.2 Å². The van der Waals surface area contributed by atoms with Crippen LogP contribution in [0.4, 0.5) is 5.95 Å². The van der Waals surface area contributed by atoms with Crippen molar-refractivity contribution in [2.75, 3.05) is 26.0 Å². The first-order chi connectivity index (χ1) is 13.2. The normalized spacial score (nSPS) is 13.2. The number of fused-ring (bicyclic) bond motifs is 1. The highest BCUT2D eigenvalue weighted by atomic mass is 16.1. The van der Waals surface area contributed by atoms with E-state index in [0.717, 1.165) is 6.42 Å². The summed E-state index contributed by atoms with van der Waals surface area (Å²) in [6, 6.07) is 8.82. The van der Waals surface area contributed by atoms with Crippen LogP contribution in [0.15, 0.2) is 35.3 Å². The number of H-pyrrole nitrogens is 1. The van der Waals surface area contributed by atoms with E-state index < -0.39 is 0 Å². The Kier molecular flexibility index (Phi) is 5.56. The fraction of sp³-hybridized carbons (Fsp3) is 0.476. The Labute approximate surface area is 165 Å². The number of anilines is 1. The Balaban J connectivity index is 1.87. The van der Waals surface area contributed by atoms with Gasteiger partial charge in [0.05, 0.1) is 17.8 Å². The number of aryl methyl sites for hydroxylation is 1. The molecule has 0 bridgehead atoms. The molecule has 150 valence electrons. The predicted molar refractivity (Wildman–Crippen MR) is 114 cm³/mol. The summed E-state index contributed by atoms with van der Waals surface area (Å²) in [4.78, 5) is 22.1. The van der Waals surface area contributed by atoms with E-state index in [4.69, 9.17) is 0 Å². The maximum Gasteiger partial charge on any atom is 0.263 e. The number of rotatable bonds is 6. The van der Waals surface area contributed by atoms with Crippen LogP contribution in [0.3, 0.4) is 0 Å². The highest BCUT2D eigenvalue weighted by Crippen LogP contribution is 2.21. The zero-order chi connectivity index (χ0) is 20.5. The third-order valence-electron chi connectivity index (χ3n) is 4.93. The second kappa shape index (κ2) is 7.75. The summed E-state index contributed by atoms with van der Waals surface area (Å²) in [6.07, 6.45) is 2.60. The SMILES string of the molecule is CCc1ccc(C(CNc2nc3c(cnn3C(C)(C)C)c(=O)[nH]2)N(C)C)cc1. The van der Waals surface area contributed by atoms with E-state index >= 15 is 0 Å². The summed E-state index contributed by atoms with van der Waals surface area (Å²) in [7, 11) is 4.10. The van der Waals surface area contributed by atoms with Crippen LogP contribution in [0.25, 0.3) is 11.0 Å². The second-order valence-electron chi connectivity index (χ2n) is 8.33. The smallest absolute Gasteiger partial charge is 0.263 e. The lowest BCUT2D eigenvalue weighted by atomic mass is 10.0. The Morgan fingerprint density at radius 1 is 1.21 bits per heavy atom. The van der Waals surface area contributed by atoms with Crippen LogP contribution in [-0.2, 0) is 12.0 Å². The quantitative estimate of drug-likeness (QED) is 0.685. The number of hydrogen-bond acceptors (Lipinski definition) is 5. The molecule has 1 aromatic carbocycles. The molecule has 0 aliphatic carbocycles. The summed E-state index contributed by atoms with van der Waals surface area (Å²) in [5, 5.41) is 8.16. The average molecular weight is 383 g/mol. The van der Waals surface area contributed by atoms with E-state index in [1.807, 2.05) is 34.9 Å². The van der Waals surface area contributed by atoms with Crippen molar-refractivity contribution in [3.8, 4) is 0 Å². The largest absolute Gasteiger partial charge is 0.354 e. The van der Waals surface area contributed by atoms with Crippen molar-refractivity contribution >= 4 is 17.0 Å². The van der Waals surface area contributed by atoms with Crippen LogP contribution in [0, 0.1) is 0 Å². The molecule has 7 heteroatoms. The van der Waals surface area contributed by atoms with E-state index in [0.29, 0.717) is 23.5 Å². The van der Waals surface area contributed by atoms with Gasteiger partial charge in [0.1, 0.15) is 5.39 Å². The molecule has 0 aliphatic heterocycles. The number of aromatic nitrogens is 4. The molecule has 0 fully saturated rings. The first-order valence-electron chi connectivity index (χ1n) is 9.68. The van der Waals surface area contributed by atoms with Crippen molar-refractivity contribution < 1.29 is 0 Å². The lowest BCUT2D eigenvalue weighted by Crippen LogP contribution is -2.28. The maximum atomic E-state index is 12.5. The second-order valence-corrected chi connectivity index (χ2v) is 8.33. The topological polar surface area (TPSA) is 78.8 Å². The van der Waals surface area contributed by atoms with Gasteiger partial charge in [-0.25, -0.2) is 4.68 Å². The van der Waals surface area contributed by atoms with Gasteiger partial charge >= 0.3 is 0 Å². The third-order valence-corrected chi connectivity index (χ3v) is 4.93. The minimum Gasteiger partial charge on any atom is -0.354 e. The molecule has 0 aliphatic rings. The zero-order valence-corrected chi connectivity index (χ0v) is 17.6. The number of benzene rings is 1. The van der Waals surface area contributed by atoms with Crippen LogP contribution in [0.5, 0.6) is 0 Å². The average Bonchev–Trinajstić information content (AvgIpc) is 3.07. The van der Waals surface area contributed by atoms with Gasteiger partial charge in [-0.2, -0.15) is 10.1 Å². The Morgan fingerprint density at radius 2 is 1.89 bits per heavy atom. The van der Waals surface area contributed by atoms with Crippen molar-refractivity contribution in [3.05, 3.63) is 51.9 Å². The lowest BCUT2D eigenvalue weighted by Gasteiger charge is -2.25. The van der Waals surface area contributed by atoms with Gasteiger partial charge in [-0.15, -0.1) is 0 Å². The number of nitrogens with one attached hydrogen (secondary N) is 2. The van der Waals surface area contributed by atoms with E-state index in [1.54, 1.807) is 10.9 Å². The molecular weight excluding hydrogens is 352 g/mol. The fourth-order valence-electron chi connectivity index (χ4n) is 3.26. The number of nitrogens with zero attached hydrogens (tertiary/aromatic N) is 4. The van der Waals surface area contributed by atoms with Gasteiger partial charge in [-0.1, -0.05) is 31.2 Å². The first kappa shape index (κ1) is 20.1. The number of likely N-dealkylation sites (N-methyl/N-ethyl adjacent to an activating group) is 1. The van der Waals surface area contributed by atoms with Crippen LogP contribution in [0.2, 0.25) is 0 Å². The Morgan fingerprint density at radius 3 is 2.46 bits per heavy atom. The van der Waals surface area contributed by atoms with E-state index in [2.05, 4.69) is 56.5 Å². The molecule has 2 aromatic heterocycles. The molecule has 0 saturated heterocycles. The van der Waals surface area contributed by atoms with Gasteiger partial charge in [-0.3, -0.25) is 9.78 Å². The van der Waals surface area contributed by atoms with Gasteiger partial charge in [0.2, 0.25) is 5.95 Å². The van der Waals surface area contributed by atoms with Crippen molar-refractivity contribution in [3.63, 3.8) is 0 Å². The van der Waals surface area contributed by atoms with Gasteiger partial charge in [0, 0.05) is 6.54 Å². The van der Waals surface area contributed by atoms with Gasteiger partial charge in [-0.05, 0) is 52.4 Å². The highest BCUT2D eigenvalue weighted by Gasteiger charge is 2.20. The monoisotopic (exact) mass is 382 g/mol. The summed E-state index contributed by atoms with van der Waals surface area (Å²) in [5.74, 6) is 0.459. The van der Waals surface area contributed by atoms with Crippen molar-refractivity contribution in [1.82, 2.24) is 24.6 Å². The molecule has 0 radical (unpaired) electrons. The molecule has 7 nitrogen and oxygen atoms in total. The Bertz CT molecular complexity index is 994. The molecule has 0 amide bonds. The Hall–Kier alpha value is -2.67. The van der Waals surface area contributed by atoms with Crippen molar-refractivity contribution in [1.29, 1.82) is 0 Å². The van der Waals surface area contributed by atoms with E-state index in [1.165, 1.54) is 11.1 Å². The van der Waals surface area contributed by atoms with Crippen molar-refractivity contribution in [2.45, 2.75) is 45.7 Å². The van der Waals surface area contributed by atoms with Gasteiger partial charge in [0.15, 0.2) is 5.65 Å². The summed E-state index contributed by atoms with van der Waals surface area (Å²) in [5.41, 5.74) is 2.69. The molecule has 3 rings (SSSR count). The molecule has 2 N–H and O–H groups in total.